The fraction of sp³-hybridized carbons (Fsp3) is 0.400. The van der Waals surface area contributed by atoms with Gasteiger partial charge in [-0.25, -0.2) is 4.98 Å². The molecule has 0 unspecified atom stereocenters. The van der Waals surface area contributed by atoms with E-state index in [4.69, 9.17) is 10.5 Å². The first kappa shape index (κ1) is 10.9. The first-order chi connectivity index (χ1) is 7.76. The van der Waals surface area contributed by atoms with Crippen LogP contribution in [0, 0.1) is 0 Å². The molecule has 16 heavy (non-hydrogen) atoms. The van der Waals surface area contributed by atoms with Crippen molar-refractivity contribution in [3.05, 3.63) is 12.4 Å². The average Bonchev–Trinajstić information content (AvgIpc) is 2.85. The van der Waals surface area contributed by atoms with E-state index in [-0.39, 0.29) is 0 Å². The first-order valence-corrected chi connectivity index (χ1v) is 5.89. The van der Waals surface area contributed by atoms with Crippen molar-refractivity contribution >= 4 is 16.5 Å². The molecule has 0 aliphatic heterocycles. The normalized spacial score (nSPS) is 10.6. The predicted molar refractivity (Wildman–Crippen MR) is 64.6 cm³/mol. The molecule has 86 valence electrons. The summed E-state index contributed by atoms with van der Waals surface area (Å²) in [5, 5.41) is 4.85. The van der Waals surface area contributed by atoms with E-state index < -0.39 is 0 Å². The highest BCUT2D eigenvalue weighted by Gasteiger charge is 2.15. The number of methoxy groups -OCH3 is 1. The molecule has 0 radical (unpaired) electrons. The maximum atomic E-state index is 5.64. The summed E-state index contributed by atoms with van der Waals surface area (Å²) < 4.78 is 7.21. The van der Waals surface area contributed by atoms with Gasteiger partial charge in [0.15, 0.2) is 10.9 Å². The van der Waals surface area contributed by atoms with Gasteiger partial charge in [-0.15, -0.1) is 0 Å². The summed E-state index contributed by atoms with van der Waals surface area (Å²) in [5.41, 5.74) is 6.59. The molecule has 0 spiro atoms. The SMILES string of the molecule is CCCn1ncc(OC)c1-c1cnc(N)s1. The molecular weight excluding hydrogens is 224 g/mol. The lowest BCUT2D eigenvalue weighted by Crippen LogP contribution is -2.00. The molecule has 2 aromatic rings. The standard InChI is InChI=1S/C10H14N4OS/c1-3-4-14-9(7(15-2)5-13-14)8-6-12-10(11)16-8/h5-6H,3-4H2,1-2H3,(H2,11,12). The Hall–Kier alpha value is -1.56. The summed E-state index contributed by atoms with van der Waals surface area (Å²) in [6, 6.07) is 0. The summed E-state index contributed by atoms with van der Waals surface area (Å²) in [6.45, 7) is 2.97. The van der Waals surface area contributed by atoms with Crippen LogP contribution >= 0.6 is 11.3 Å². The lowest BCUT2D eigenvalue weighted by molar-refractivity contribution is 0.416. The molecule has 0 atom stereocenters. The zero-order valence-electron chi connectivity index (χ0n) is 9.30. The van der Waals surface area contributed by atoms with E-state index in [9.17, 15) is 0 Å². The smallest absolute Gasteiger partial charge is 0.180 e. The number of thiazole rings is 1. The van der Waals surface area contributed by atoms with Gasteiger partial charge in [0, 0.05) is 12.7 Å². The zero-order chi connectivity index (χ0) is 11.5. The van der Waals surface area contributed by atoms with E-state index in [0.29, 0.717) is 5.13 Å². The minimum atomic E-state index is 0.557. The van der Waals surface area contributed by atoms with Crippen molar-refractivity contribution in [2.24, 2.45) is 0 Å². The highest BCUT2D eigenvalue weighted by atomic mass is 32.1. The van der Waals surface area contributed by atoms with Crippen LogP contribution in [0.1, 0.15) is 13.3 Å². The fourth-order valence-corrected chi connectivity index (χ4v) is 2.28. The number of ether oxygens (including phenoxy) is 1. The second-order valence-corrected chi connectivity index (χ2v) is 4.41. The molecule has 2 N–H and O–H groups in total. The van der Waals surface area contributed by atoms with E-state index in [1.165, 1.54) is 11.3 Å². The molecular formula is C10H14N4OS. The quantitative estimate of drug-likeness (QED) is 0.884. The monoisotopic (exact) mass is 238 g/mol. The molecule has 2 rings (SSSR count). The second-order valence-electron chi connectivity index (χ2n) is 3.35. The van der Waals surface area contributed by atoms with Crippen molar-refractivity contribution in [1.82, 2.24) is 14.8 Å². The zero-order valence-corrected chi connectivity index (χ0v) is 10.1. The van der Waals surface area contributed by atoms with E-state index >= 15 is 0 Å². The number of rotatable bonds is 4. The van der Waals surface area contributed by atoms with E-state index in [1.807, 2.05) is 4.68 Å². The minimum Gasteiger partial charge on any atom is -0.493 e. The number of nitrogens with zero attached hydrogens (tertiary/aromatic N) is 3. The average molecular weight is 238 g/mol. The van der Waals surface area contributed by atoms with E-state index in [2.05, 4.69) is 17.0 Å². The molecule has 0 aliphatic rings. The Morgan fingerprint density at radius 3 is 2.88 bits per heavy atom. The van der Waals surface area contributed by atoms with Crippen molar-refractivity contribution in [2.45, 2.75) is 19.9 Å². The van der Waals surface area contributed by atoms with Crippen molar-refractivity contribution in [2.75, 3.05) is 12.8 Å². The second kappa shape index (κ2) is 4.52. The molecule has 0 saturated heterocycles. The van der Waals surface area contributed by atoms with Crippen LogP contribution in [0.2, 0.25) is 0 Å². The van der Waals surface area contributed by atoms with Crippen LogP contribution in [-0.2, 0) is 6.54 Å². The van der Waals surface area contributed by atoms with Gasteiger partial charge < -0.3 is 10.5 Å². The number of aromatic nitrogens is 3. The Bertz CT molecular complexity index is 477. The summed E-state index contributed by atoms with van der Waals surface area (Å²) in [4.78, 5) is 5.04. The van der Waals surface area contributed by atoms with Crippen LogP contribution in [0.5, 0.6) is 5.75 Å². The highest BCUT2D eigenvalue weighted by molar-refractivity contribution is 7.18. The summed E-state index contributed by atoms with van der Waals surface area (Å²) >= 11 is 1.44. The Balaban J connectivity index is 2.47. The number of hydrogen-bond acceptors (Lipinski definition) is 5. The molecule has 0 bridgehead atoms. The summed E-state index contributed by atoms with van der Waals surface area (Å²) in [7, 11) is 1.64. The molecule has 0 aromatic carbocycles. The van der Waals surface area contributed by atoms with Crippen molar-refractivity contribution < 1.29 is 4.74 Å². The Kier molecular flexibility index (Phi) is 3.09. The molecule has 0 aliphatic carbocycles. The molecule has 5 nitrogen and oxygen atoms in total. The minimum absolute atomic E-state index is 0.557. The third kappa shape index (κ3) is 1.88. The number of aryl methyl sites for hydroxylation is 1. The third-order valence-corrected chi connectivity index (χ3v) is 3.05. The maximum Gasteiger partial charge on any atom is 0.180 e. The predicted octanol–water partition coefficient (Wildman–Crippen LogP) is 2.01. The van der Waals surface area contributed by atoms with Gasteiger partial charge in [-0.1, -0.05) is 18.3 Å². The van der Waals surface area contributed by atoms with Crippen molar-refractivity contribution in [1.29, 1.82) is 0 Å². The summed E-state index contributed by atoms with van der Waals surface area (Å²) in [6.07, 6.45) is 4.50. The summed E-state index contributed by atoms with van der Waals surface area (Å²) in [5.74, 6) is 0.761. The van der Waals surface area contributed by atoms with Gasteiger partial charge in [-0.05, 0) is 6.42 Å². The van der Waals surface area contributed by atoms with Crippen LogP contribution in [0.25, 0.3) is 10.6 Å². The molecule has 0 amide bonds. The Morgan fingerprint density at radius 1 is 1.50 bits per heavy atom. The lowest BCUT2D eigenvalue weighted by atomic mass is 10.3. The van der Waals surface area contributed by atoms with E-state index in [1.54, 1.807) is 19.5 Å². The molecule has 0 fully saturated rings. The Morgan fingerprint density at radius 2 is 2.31 bits per heavy atom. The molecule has 6 heteroatoms. The third-order valence-electron chi connectivity index (χ3n) is 2.22. The molecule has 0 saturated carbocycles. The van der Waals surface area contributed by atoms with Crippen LogP contribution in [0.4, 0.5) is 5.13 Å². The van der Waals surface area contributed by atoms with Crippen LogP contribution in [0.15, 0.2) is 12.4 Å². The van der Waals surface area contributed by atoms with Gasteiger partial charge in [0.1, 0.15) is 5.69 Å². The number of hydrogen-bond donors (Lipinski definition) is 1. The van der Waals surface area contributed by atoms with Crippen molar-refractivity contribution in [3.8, 4) is 16.3 Å². The van der Waals surface area contributed by atoms with Gasteiger partial charge >= 0.3 is 0 Å². The molecule has 2 heterocycles. The first-order valence-electron chi connectivity index (χ1n) is 5.07. The van der Waals surface area contributed by atoms with Crippen LogP contribution in [-0.4, -0.2) is 21.9 Å². The molecule has 2 aromatic heterocycles. The van der Waals surface area contributed by atoms with Gasteiger partial charge in [-0.2, -0.15) is 5.10 Å². The van der Waals surface area contributed by atoms with Gasteiger partial charge in [0.2, 0.25) is 0 Å². The maximum absolute atomic E-state index is 5.64. The van der Waals surface area contributed by atoms with Gasteiger partial charge in [0.05, 0.1) is 18.2 Å². The van der Waals surface area contributed by atoms with Gasteiger partial charge in [-0.3, -0.25) is 4.68 Å². The van der Waals surface area contributed by atoms with Crippen LogP contribution in [0.3, 0.4) is 0 Å². The number of nitrogen functional groups attached to an aromatic ring is 1. The topological polar surface area (TPSA) is 66.0 Å². The number of anilines is 1. The van der Waals surface area contributed by atoms with Gasteiger partial charge in [0.25, 0.3) is 0 Å². The highest BCUT2D eigenvalue weighted by Crippen LogP contribution is 2.34. The lowest BCUT2D eigenvalue weighted by Gasteiger charge is -2.05. The Labute approximate surface area is 97.9 Å². The fourth-order valence-electron chi connectivity index (χ4n) is 1.54. The van der Waals surface area contributed by atoms with Crippen LogP contribution < -0.4 is 10.5 Å². The van der Waals surface area contributed by atoms with E-state index in [0.717, 1.165) is 29.3 Å². The largest absolute Gasteiger partial charge is 0.493 e. The number of nitrogens with two attached hydrogens (primary N) is 1. The van der Waals surface area contributed by atoms with Crippen molar-refractivity contribution in [3.63, 3.8) is 0 Å².